The van der Waals surface area contributed by atoms with E-state index in [1.807, 2.05) is 23.1 Å². The number of amides is 1. The molecule has 0 bridgehead atoms. The van der Waals surface area contributed by atoms with E-state index in [1.165, 1.54) is 0 Å². The minimum Gasteiger partial charge on any atom is -0.346 e. The number of aromatic nitrogens is 2. The summed E-state index contributed by atoms with van der Waals surface area (Å²) < 4.78 is 14.3. The zero-order chi connectivity index (χ0) is 20.0. The number of nitrogens with zero attached hydrogens (tertiary/aromatic N) is 4. The van der Waals surface area contributed by atoms with E-state index in [0.29, 0.717) is 24.2 Å². The van der Waals surface area contributed by atoms with Gasteiger partial charge in [0.1, 0.15) is 5.82 Å². The van der Waals surface area contributed by atoms with Gasteiger partial charge in [0.25, 0.3) is 0 Å². The van der Waals surface area contributed by atoms with Gasteiger partial charge in [-0.05, 0) is 67.3 Å². The predicted octanol–water partition coefficient (Wildman–Crippen LogP) is 3.96. The van der Waals surface area contributed by atoms with Crippen molar-refractivity contribution in [3.63, 3.8) is 0 Å². The van der Waals surface area contributed by atoms with Crippen molar-refractivity contribution in [1.29, 1.82) is 0 Å². The summed E-state index contributed by atoms with van der Waals surface area (Å²) in [5, 5.41) is 8.61. The zero-order valence-electron chi connectivity index (χ0n) is 16.3. The highest BCUT2D eigenvalue weighted by Crippen LogP contribution is 2.43. The average molecular weight is 415 g/mol. The van der Waals surface area contributed by atoms with Crippen molar-refractivity contribution in [1.82, 2.24) is 15.1 Å². The molecular formula is C22H24ClFN4O. The standard InChI is InChI=1S/C22H24ClFN4O/c23-19-6-7-20(26-25-19)28-11-10-27(14-22(28)8-1-9-22)21(29)13-15-2-5-17(16-3-4-16)18(24)12-15/h2,5-7,12,16H,1,3-4,8-11,13-14H2. The van der Waals surface area contributed by atoms with Crippen LogP contribution in [0.2, 0.25) is 5.15 Å². The molecule has 0 radical (unpaired) electrons. The van der Waals surface area contributed by atoms with Gasteiger partial charge in [0.2, 0.25) is 5.91 Å². The normalized spacial score (nSPS) is 20.6. The summed E-state index contributed by atoms with van der Waals surface area (Å²) in [5.74, 6) is 1.09. The van der Waals surface area contributed by atoms with Gasteiger partial charge in [-0.1, -0.05) is 23.7 Å². The van der Waals surface area contributed by atoms with Crippen LogP contribution in [-0.4, -0.2) is 46.2 Å². The Morgan fingerprint density at radius 3 is 2.62 bits per heavy atom. The second-order valence-corrected chi connectivity index (χ2v) is 8.95. The van der Waals surface area contributed by atoms with Gasteiger partial charge in [-0.2, -0.15) is 0 Å². The topological polar surface area (TPSA) is 49.3 Å². The summed E-state index contributed by atoms with van der Waals surface area (Å²) in [5.41, 5.74) is 1.48. The molecule has 2 saturated carbocycles. The fourth-order valence-corrected chi connectivity index (χ4v) is 4.81. The molecule has 0 atom stereocenters. The molecule has 1 saturated heterocycles. The molecule has 2 heterocycles. The summed E-state index contributed by atoms with van der Waals surface area (Å²) in [6.07, 6.45) is 5.60. The molecule has 0 unspecified atom stereocenters. The zero-order valence-corrected chi connectivity index (χ0v) is 17.0. The molecular weight excluding hydrogens is 391 g/mol. The lowest BCUT2D eigenvalue weighted by Crippen LogP contribution is -2.67. The minimum absolute atomic E-state index is 0.0664. The third-order valence-corrected chi connectivity index (χ3v) is 6.82. The van der Waals surface area contributed by atoms with Crippen molar-refractivity contribution in [2.75, 3.05) is 24.5 Å². The Balaban J connectivity index is 1.28. The van der Waals surface area contributed by atoms with Gasteiger partial charge in [0, 0.05) is 19.6 Å². The second-order valence-electron chi connectivity index (χ2n) is 8.57. The molecule has 2 aliphatic carbocycles. The molecule has 3 fully saturated rings. The molecule has 7 heteroatoms. The summed E-state index contributed by atoms with van der Waals surface area (Å²) in [4.78, 5) is 17.2. The fourth-order valence-electron chi connectivity index (χ4n) is 4.71. The fraction of sp³-hybridized carbons (Fsp3) is 0.500. The van der Waals surface area contributed by atoms with Crippen LogP contribution in [0.15, 0.2) is 30.3 Å². The molecule has 2 aromatic rings. The molecule has 1 aliphatic heterocycles. The second kappa shape index (κ2) is 7.24. The van der Waals surface area contributed by atoms with Gasteiger partial charge >= 0.3 is 0 Å². The smallest absolute Gasteiger partial charge is 0.227 e. The molecule has 1 aromatic heterocycles. The Kier molecular flexibility index (Phi) is 4.69. The Bertz CT molecular complexity index is 927. The minimum atomic E-state index is -0.167. The number of carbonyl (C=O) groups is 1. The first kappa shape index (κ1) is 18.8. The molecule has 29 heavy (non-hydrogen) atoms. The van der Waals surface area contributed by atoms with Crippen molar-refractivity contribution in [2.24, 2.45) is 0 Å². The summed E-state index contributed by atoms with van der Waals surface area (Å²) >= 11 is 5.88. The SMILES string of the molecule is O=C(Cc1ccc(C2CC2)c(F)c1)N1CCN(c2ccc(Cl)nn2)C2(CCC2)C1. The number of halogens is 2. The molecule has 5 rings (SSSR count). The van der Waals surface area contributed by atoms with E-state index >= 15 is 0 Å². The van der Waals surface area contributed by atoms with Gasteiger partial charge in [-0.25, -0.2) is 4.39 Å². The van der Waals surface area contributed by atoms with E-state index in [-0.39, 0.29) is 23.7 Å². The molecule has 152 valence electrons. The van der Waals surface area contributed by atoms with Crippen molar-refractivity contribution < 1.29 is 9.18 Å². The molecule has 1 aromatic carbocycles. The van der Waals surface area contributed by atoms with Crippen LogP contribution in [0.1, 0.15) is 49.1 Å². The predicted molar refractivity (Wildman–Crippen MR) is 110 cm³/mol. The maximum atomic E-state index is 14.3. The Morgan fingerprint density at radius 1 is 1.17 bits per heavy atom. The lowest BCUT2D eigenvalue weighted by atomic mass is 9.73. The summed E-state index contributed by atoms with van der Waals surface area (Å²) in [7, 11) is 0. The number of hydrogen-bond acceptors (Lipinski definition) is 4. The quantitative estimate of drug-likeness (QED) is 0.759. The van der Waals surface area contributed by atoms with E-state index in [1.54, 1.807) is 12.1 Å². The molecule has 1 spiro atoms. The molecule has 3 aliphatic rings. The van der Waals surface area contributed by atoms with E-state index < -0.39 is 0 Å². The number of carbonyl (C=O) groups excluding carboxylic acids is 1. The highest BCUT2D eigenvalue weighted by atomic mass is 35.5. The molecule has 1 amide bonds. The van der Waals surface area contributed by atoms with Gasteiger partial charge < -0.3 is 9.80 Å². The summed E-state index contributed by atoms with van der Waals surface area (Å²) in [6.45, 7) is 2.03. The Hall–Kier alpha value is -2.21. The van der Waals surface area contributed by atoms with Crippen LogP contribution in [0.3, 0.4) is 0 Å². The summed E-state index contributed by atoms with van der Waals surface area (Å²) in [6, 6.07) is 8.97. The van der Waals surface area contributed by atoms with Crippen molar-refractivity contribution >= 4 is 23.3 Å². The first-order chi connectivity index (χ1) is 14.0. The maximum Gasteiger partial charge on any atom is 0.227 e. The number of rotatable bonds is 4. The van der Waals surface area contributed by atoms with E-state index in [4.69, 9.17) is 11.6 Å². The number of hydrogen-bond donors (Lipinski definition) is 0. The van der Waals surface area contributed by atoms with Crippen molar-refractivity contribution in [2.45, 2.75) is 50.0 Å². The number of benzene rings is 1. The van der Waals surface area contributed by atoms with Crippen LogP contribution >= 0.6 is 11.6 Å². The van der Waals surface area contributed by atoms with Crippen LogP contribution in [0.4, 0.5) is 10.2 Å². The van der Waals surface area contributed by atoms with Crippen LogP contribution in [0, 0.1) is 5.82 Å². The van der Waals surface area contributed by atoms with E-state index in [9.17, 15) is 9.18 Å². The van der Waals surface area contributed by atoms with Crippen LogP contribution in [0.25, 0.3) is 0 Å². The third kappa shape index (κ3) is 3.59. The largest absolute Gasteiger partial charge is 0.346 e. The first-order valence-corrected chi connectivity index (χ1v) is 10.7. The first-order valence-electron chi connectivity index (χ1n) is 10.4. The van der Waals surface area contributed by atoms with Crippen LogP contribution < -0.4 is 4.90 Å². The van der Waals surface area contributed by atoms with Gasteiger partial charge in [0.05, 0.1) is 12.0 Å². The molecule has 0 N–H and O–H groups in total. The third-order valence-electron chi connectivity index (χ3n) is 6.62. The van der Waals surface area contributed by atoms with Crippen molar-refractivity contribution in [3.8, 4) is 0 Å². The Morgan fingerprint density at radius 2 is 2.00 bits per heavy atom. The van der Waals surface area contributed by atoms with E-state index in [0.717, 1.165) is 55.6 Å². The van der Waals surface area contributed by atoms with Crippen LogP contribution in [-0.2, 0) is 11.2 Å². The van der Waals surface area contributed by atoms with Gasteiger partial charge in [-0.3, -0.25) is 4.79 Å². The highest BCUT2D eigenvalue weighted by Gasteiger charge is 2.47. The van der Waals surface area contributed by atoms with Crippen molar-refractivity contribution in [3.05, 3.63) is 52.4 Å². The average Bonchev–Trinajstić information content (AvgIpc) is 3.52. The maximum absolute atomic E-state index is 14.3. The molecule has 5 nitrogen and oxygen atoms in total. The number of anilines is 1. The van der Waals surface area contributed by atoms with Crippen LogP contribution in [0.5, 0.6) is 0 Å². The van der Waals surface area contributed by atoms with E-state index in [2.05, 4.69) is 15.1 Å². The van der Waals surface area contributed by atoms with Gasteiger partial charge in [0.15, 0.2) is 11.0 Å². The lowest BCUT2D eigenvalue weighted by Gasteiger charge is -2.56. The lowest BCUT2D eigenvalue weighted by molar-refractivity contribution is -0.133. The van der Waals surface area contributed by atoms with Gasteiger partial charge in [-0.15, -0.1) is 10.2 Å². The number of piperazine rings is 1. The Labute approximate surface area is 174 Å². The monoisotopic (exact) mass is 414 g/mol. The highest BCUT2D eigenvalue weighted by molar-refractivity contribution is 6.29.